The highest BCUT2D eigenvalue weighted by atomic mass is 16.5. The van der Waals surface area contributed by atoms with Crippen LogP contribution in [-0.4, -0.2) is 49.6 Å². The van der Waals surface area contributed by atoms with Crippen LogP contribution in [0.5, 0.6) is 11.5 Å². The molecule has 0 spiro atoms. The Hall–Kier alpha value is -3.62. The number of carbonyl (C=O) groups excluding carboxylic acids is 3. The van der Waals surface area contributed by atoms with E-state index in [1.807, 2.05) is 0 Å². The maximum Gasteiger partial charge on any atom is 0.325 e. The van der Waals surface area contributed by atoms with Crippen LogP contribution in [-0.2, 0) is 9.53 Å². The Labute approximate surface area is 181 Å². The van der Waals surface area contributed by atoms with Crippen molar-refractivity contribution in [1.29, 1.82) is 0 Å². The van der Waals surface area contributed by atoms with Crippen LogP contribution in [0.3, 0.4) is 0 Å². The minimum atomic E-state index is -0.615. The van der Waals surface area contributed by atoms with Crippen LogP contribution >= 0.6 is 0 Å². The Morgan fingerprint density at radius 1 is 1.06 bits per heavy atom. The zero-order valence-corrected chi connectivity index (χ0v) is 17.9. The minimum Gasteiger partial charge on any atom is -0.494 e. The first kappa shape index (κ1) is 23.7. The molecule has 0 fully saturated rings. The van der Waals surface area contributed by atoms with E-state index in [-0.39, 0.29) is 30.2 Å². The molecule has 31 heavy (non-hydrogen) atoms. The number of anilines is 1. The molecule has 9 nitrogen and oxygen atoms in total. The molecule has 1 aromatic carbocycles. The molecule has 0 saturated heterocycles. The first-order valence-corrected chi connectivity index (χ1v) is 10.0. The third-order valence-corrected chi connectivity index (χ3v) is 4.13. The third kappa shape index (κ3) is 7.29. The van der Waals surface area contributed by atoms with Crippen LogP contribution in [0.25, 0.3) is 0 Å². The molecule has 2 rings (SSSR count). The van der Waals surface area contributed by atoms with E-state index in [9.17, 15) is 14.4 Å². The van der Waals surface area contributed by atoms with Gasteiger partial charge in [-0.05, 0) is 43.7 Å². The number of unbranched alkanes of at least 4 members (excludes halogenated alkanes) is 1. The minimum absolute atomic E-state index is 0.0445. The summed E-state index contributed by atoms with van der Waals surface area (Å²) in [6.07, 6.45) is 3.29. The molecule has 0 atom stereocenters. The average Bonchev–Trinajstić information content (AvgIpc) is 2.78. The average molecular weight is 429 g/mol. The highest BCUT2D eigenvalue weighted by Gasteiger charge is 2.18. The summed E-state index contributed by atoms with van der Waals surface area (Å²) < 4.78 is 15.5. The van der Waals surface area contributed by atoms with E-state index in [2.05, 4.69) is 22.5 Å². The number of carbonyl (C=O) groups is 3. The maximum atomic E-state index is 12.5. The fourth-order valence-electron chi connectivity index (χ4n) is 2.52. The largest absolute Gasteiger partial charge is 0.494 e. The van der Waals surface area contributed by atoms with Crippen molar-refractivity contribution in [2.24, 2.45) is 0 Å². The lowest BCUT2D eigenvalue weighted by Crippen LogP contribution is -2.31. The molecule has 2 amide bonds. The molecule has 0 bridgehead atoms. The number of rotatable bonds is 11. The topological polar surface area (TPSA) is 116 Å². The Morgan fingerprint density at radius 3 is 2.45 bits per heavy atom. The van der Waals surface area contributed by atoms with Gasteiger partial charge in [0.1, 0.15) is 12.3 Å². The second kappa shape index (κ2) is 12.2. The van der Waals surface area contributed by atoms with Crippen molar-refractivity contribution in [1.82, 2.24) is 10.3 Å². The normalized spacial score (nSPS) is 10.2. The highest BCUT2D eigenvalue weighted by molar-refractivity contribution is 6.05. The lowest BCUT2D eigenvalue weighted by atomic mass is 10.2. The number of aromatic nitrogens is 1. The fraction of sp³-hybridized carbons (Fsp3) is 0.364. The van der Waals surface area contributed by atoms with Gasteiger partial charge < -0.3 is 24.8 Å². The number of benzene rings is 1. The van der Waals surface area contributed by atoms with Gasteiger partial charge >= 0.3 is 5.97 Å². The van der Waals surface area contributed by atoms with Crippen molar-refractivity contribution in [3.05, 3.63) is 47.8 Å². The van der Waals surface area contributed by atoms with Gasteiger partial charge in [0.05, 0.1) is 25.9 Å². The Balaban J connectivity index is 2.01. The molecule has 1 heterocycles. The summed E-state index contributed by atoms with van der Waals surface area (Å²) in [5.74, 6) is -0.756. The van der Waals surface area contributed by atoms with Crippen molar-refractivity contribution >= 4 is 23.5 Å². The van der Waals surface area contributed by atoms with Gasteiger partial charge in [-0.15, -0.1) is 0 Å². The van der Waals surface area contributed by atoms with Crippen molar-refractivity contribution < 1.29 is 28.6 Å². The zero-order valence-electron chi connectivity index (χ0n) is 17.9. The fourth-order valence-corrected chi connectivity index (χ4v) is 2.52. The summed E-state index contributed by atoms with van der Waals surface area (Å²) in [6, 6.07) is 8.44. The molecule has 166 valence electrons. The molecule has 0 saturated carbocycles. The molecule has 0 radical (unpaired) electrons. The SMILES string of the molecule is CCCCOc1ccc(NC(=O)c2cnc(C(=O)NCC(=O)OCC)c(OC)c2)cc1. The highest BCUT2D eigenvalue weighted by Crippen LogP contribution is 2.20. The number of amides is 2. The summed E-state index contributed by atoms with van der Waals surface area (Å²) in [7, 11) is 1.36. The van der Waals surface area contributed by atoms with E-state index in [4.69, 9.17) is 14.2 Å². The van der Waals surface area contributed by atoms with Gasteiger partial charge in [-0.25, -0.2) is 4.98 Å². The van der Waals surface area contributed by atoms with Gasteiger partial charge in [-0.1, -0.05) is 13.3 Å². The van der Waals surface area contributed by atoms with Crippen molar-refractivity contribution in [2.45, 2.75) is 26.7 Å². The van der Waals surface area contributed by atoms with E-state index in [0.29, 0.717) is 12.3 Å². The lowest BCUT2D eigenvalue weighted by molar-refractivity contribution is -0.141. The van der Waals surface area contributed by atoms with Crippen LogP contribution in [0.2, 0.25) is 0 Å². The second-order valence-corrected chi connectivity index (χ2v) is 6.44. The number of nitrogens with zero attached hydrogens (tertiary/aromatic N) is 1. The van der Waals surface area contributed by atoms with E-state index in [1.165, 1.54) is 19.4 Å². The van der Waals surface area contributed by atoms with Crippen LogP contribution < -0.4 is 20.1 Å². The lowest BCUT2D eigenvalue weighted by Gasteiger charge is -2.11. The van der Waals surface area contributed by atoms with Gasteiger partial charge in [0.25, 0.3) is 11.8 Å². The number of methoxy groups -OCH3 is 1. The quantitative estimate of drug-likeness (QED) is 0.417. The van der Waals surface area contributed by atoms with Gasteiger partial charge in [-0.2, -0.15) is 0 Å². The number of esters is 1. The first-order valence-electron chi connectivity index (χ1n) is 10.0. The summed E-state index contributed by atoms with van der Waals surface area (Å²) in [4.78, 5) is 40.2. The van der Waals surface area contributed by atoms with E-state index in [0.717, 1.165) is 18.6 Å². The van der Waals surface area contributed by atoms with Crippen LogP contribution in [0.4, 0.5) is 5.69 Å². The Kier molecular flexibility index (Phi) is 9.28. The van der Waals surface area contributed by atoms with Crippen molar-refractivity contribution in [3.63, 3.8) is 0 Å². The van der Waals surface area contributed by atoms with Gasteiger partial charge in [0, 0.05) is 11.9 Å². The smallest absolute Gasteiger partial charge is 0.325 e. The standard InChI is InChI=1S/C22H27N3O6/c1-4-6-11-31-17-9-7-16(8-10-17)25-21(27)15-12-18(29-3)20(23-13-15)22(28)24-14-19(26)30-5-2/h7-10,12-13H,4-6,11,14H2,1-3H3,(H,24,28)(H,25,27). The Bertz CT molecular complexity index is 899. The van der Waals surface area contributed by atoms with Crippen molar-refractivity contribution in [2.75, 3.05) is 32.2 Å². The summed E-state index contributed by atoms with van der Waals surface area (Å²) >= 11 is 0. The third-order valence-electron chi connectivity index (χ3n) is 4.13. The molecule has 0 aliphatic carbocycles. The number of nitrogens with one attached hydrogen (secondary N) is 2. The number of ether oxygens (including phenoxy) is 3. The van der Waals surface area contributed by atoms with E-state index >= 15 is 0 Å². The molecule has 2 aromatic rings. The molecule has 0 aliphatic heterocycles. The molecular weight excluding hydrogens is 402 g/mol. The monoisotopic (exact) mass is 429 g/mol. The zero-order chi connectivity index (χ0) is 22.6. The van der Waals surface area contributed by atoms with Crippen molar-refractivity contribution in [3.8, 4) is 11.5 Å². The predicted molar refractivity (Wildman–Crippen MR) is 115 cm³/mol. The predicted octanol–water partition coefficient (Wildman–Crippen LogP) is 2.81. The number of pyridine rings is 1. The molecule has 1 aromatic heterocycles. The first-order chi connectivity index (χ1) is 15.0. The summed E-state index contributed by atoms with van der Waals surface area (Å²) in [6.45, 7) is 4.33. The Morgan fingerprint density at radius 2 is 1.81 bits per heavy atom. The van der Waals surface area contributed by atoms with Gasteiger partial charge in [-0.3, -0.25) is 14.4 Å². The summed E-state index contributed by atoms with van der Waals surface area (Å²) in [5.41, 5.74) is 0.752. The van der Waals surface area contributed by atoms with Gasteiger partial charge in [0.15, 0.2) is 11.4 Å². The molecular formula is C22H27N3O6. The van der Waals surface area contributed by atoms with E-state index < -0.39 is 17.8 Å². The second-order valence-electron chi connectivity index (χ2n) is 6.44. The van der Waals surface area contributed by atoms with E-state index in [1.54, 1.807) is 31.2 Å². The molecule has 0 aliphatic rings. The maximum absolute atomic E-state index is 12.5. The number of hydrogen-bond donors (Lipinski definition) is 2. The van der Waals surface area contributed by atoms with Crippen LogP contribution in [0, 0.1) is 0 Å². The molecule has 2 N–H and O–H groups in total. The van der Waals surface area contributed by atoms with Crippen LogP contribution in [0.1, 0.15) is 47.5 Å². The summed E-state index contributed by atoms with van der Waals surface area (Å²) in [5, 5.41) is 5.16. The number of hydrogen-bond acceptors (Lipinski definition) is 7. The van der Waals surface area contributed by atoms with Gasteiger partial charge in [0.2, 0.25) is 0 Å². The molecule has 0 unspecified atom stereocenters. The molecule has 9 heteroatoms. The van der Waals surface area contributed by atoms with Crippen LogP contribution in [0.15, 0.2) is 36.5 Å².